The van der Waals surface area contributed by atoms with Gasteiger partial charge in [0.05, 0.1) is 22.7 Å². The summed E-state index contributed by atoms with van der Waals surface area (Å²) in [5.41, 5.74) is 0.644. The zero-order chi connectivity index (χ0) is 16.1. The largest absolute Gasteiger partial charge is 0.324 e. The van der Waals surface area contributed by atoms with Crippen molar-refractivity contribution in [2.24, 2.45) is 0 Å². The van der Waals surface area contributed by atoms with Gasteiger partial charge in [0.2, 0.25) is 5.91 Å². The van der Waals surface area contributed by atoms with Crippen LogP contribution in [0.15, 0.2) is 66.0 Å². The van der Waals surface area contributed by atoms with Gasteiger partial charge in [0.15, 0.2) is 5.82 Å². The van der Waals surface area contributed by atoms with Crippen molar-refractivity contribution < 1.29 is 4.79 Å². The van der Waals surface area contributed by atoms with Gasteiger partial charge in [-0.1, -0.05) is 23.7 Å². The molecule has 3 rings (SSSR count). The molecular formula is C16H13ClN4OS. The zero-order valence-corrected chi connectivity index (χ0v) is 13.6. The number of rotatable bonds is 5. The molecule has 5 nitrogen and oxygen atoms in total. The molecule has 116 valence electrons. The third-order valence-electron chi connectivity index (χ3n) is 2.97. The Morgan fingerprint density at radius 3 is 2.78 bits per heavy atom. The standard InChI is InChI=1S/C16H13ClN4OS/c17-13-4-1-2-5-14(13)23-11-16(22)20-12-6-7-15(18-10-12)21-9-3-8-19-21/h1-10H,11H2,(H,20,22). The van der Waals surface area contributed by atoms with E-state index in [-0.39, 0.29) is 11.7 Å². The number of aromatic nitrogens is 3. The lowest BCUT2D eigenvalue weighted by Gasteiger charge is -2.07. The molecule has 0 spiro atoms. The number of nitrogens with one attached hydrogen (secondary N) is 1. The van der Waals surface area contributed by atoms with Crippen molar-refractivity contribution in [3.8, 4) is 5.82 Å². The zero-order valence-electron chi connectivity index (χ0n) is 12.0. The summed E-state index contributed by atoms with van der Waals surface area (Å²) in [4.78, 5) is 17.1. The molecule has 0 bridgehead atoms. The second-order valence-corrected chi connectivity index (χ2v) is 6.05. The first-order valence-corrected chi connectivity index (χ1v) is 8.22. The molecule has 2 aromatic heterocycles. The van der Waals surface area contributed by atoms with Gasteiger partial charge in [0.1, 0.15) is 0 Å². The van der Waals surface area contributed by atoms with E-state index >= 15 is 0 Å². The lowest BCUT2D eigenvalue weighted by atomic mass is 10.4. The average Bonchev–Trinajstić information content (AvgIpc) is 3.09. The Hall–Kier alpha value is -2.31. The summed E-state index contributed by atoms with van der Waals surface area (Å²) < 4.78 is 1.65. The maximum absolute atomic E-state index is 12.0. The highest BCUT2D eigenvalue weighted by atomic mass is 35.5. The third kappa shape index (κ3) is 4.12. The molecule has 0 fully saturated rings. The number of amides is 1. The second-order valence-electron chi connectivity index (χ2n) is 4.62. The van der Waals surface area contributed by atoms with Gasteiger partial charge in [-0.05, 0) is 30.3 Å². The lowest BCUT2D eigenvalue weighted by Crippen LogP contribution is -2.14. The van der Waals surface area contributed by atoms with Crippen molar-refractivity contribution in [3.05, 3.63) is 66.1 Å². The number of thioether (sulfide) groups is 1. The third-order valence-corrected chi connectivity index (χ3v) is 4.48. The SMILES string of the molecule is O=C(CSc1ccccc1Cl)Nc1ccc(-n2cccn2)nc1. The van der Waals surface area contributed by atoms with Gasteiger partial charge in [-0.3, -0.25) is 4.79 Å². The number of benzene rings is 1. The Morgan fingerprint density at radius 1 is 1.22 bits per heavy atom. The first-order chi connectivity index (χ1) is 11.2. The number of nitrogens with zero attached hydrogens (tertiary/aromatic N) is 3. The fourth-order valence-corrected chi connectivity index (χ4v) is 2.94. The van der Waals surface area contributed by atoms with E-state index in [1.807, 2.05) is 24.3 Å². The van der Waals surface area contributed by atoms with Crippen LogP contribution in [0.1, 0.15) is 0 Å². The topological polar surface area (TPSA) is 59.8 Å². The van der Waals surface area contributed by atoms with Gasteiger partial charge in [-0.2, -0.15) is 5.10 Å². The Balaban J connectivity index is 1.57. The van der Waals surface area contributed by atoms with Crippen LogP contribution in [-0.2, 0) is 4.79 Å². The number of halogens is 1. The number of carbonyl (C=O) groups excluding carboxylic acids is 1. The van der Waals surface area contributed by atoms with Crippen molar-refractivity contribution in [3.63, 3.8) is 0 Å². The van der Waals surface area contributed by atoms with E-state index in [9.17, 15) is 4.79 Å². The van der Waals surface area contributed by atoms with E-state index in [2.05, 4.69) is 15.4 Å². The van der Waals surface area contributed by atoms with E-state index in [0.29, 0.717) is 16.5 Å². The van der Waals surface area contributed by atoms with Crippen LogP contribution < -0.4 is 5.32 Å². The lowest BCUT2D eigenvalue weighted by molar-refractivity contribution is -0.113. The molecule has 1 amide bonds. The monoisotopic (exact) mass is 344 g/mol. The Labute approximate surface area is 142 Å². The maximum atomic E-state index is 12.0. The van der Waals surface area contributed by atoms with Crippen LogP contribution in [-0.4, -0.2) is 26.4 Å². The summed E-state index contributed by atoms with van der Waals surface area (Å²) in [6, 6.07) is 12.9. The average molecular weight is 345 g/mol. The van der Waals surface area contributed by atoms with Crippen LogP contribution in [0.4, 0.5) is 5.69 Å². The maximum Gasteiger partial charge on any atom is 0.234 e. The van der Waals surface area contributed by atoms with Crippen molar-refractivity contribution in [2.45, 2.75) is 4.90 Å². The number of hydrogen-bond donors (Lipinski definition) is 1. The fraction of sp³-hybridized carbons (Fsp3) is 0.0625. The van der Waals surface area contributed by atoms with Gasteiger partial charge in [0.25, 0.3) is 0 Å². The summed E-state index contributed by atoms with van der Waals surface area (Å²) in [5, 5.41) is 7.56. The highest BCUT2D eigenvalue weighted by Crippen LogP contribution is 2.26. The summed E-state index contributed by atoms with van der Waals surface area (Å²) in [6.45, 7) is 0. The van der Waals surface area contributed by atoms with E-state index in [4.69, 9.17) is 11.6 Å². The van der Waals surface area contributed by atoms with Crippen LogP contribution >= 0.6 is 23.4 Å². The van der Waals surface area contributed by atoms with Gasteiger partial charge >= 0.3 is 0 Å². The van der Waals surface area contributed by atoms with Gasteiger partial charge in [-0.15, -0.1) is 11.8 Å². The molecule has 0 aliphatic rings. The first kappa shape index (κ1) is 15.6. The van der Waals surface area contributed by atoms with Crippen LogP contribution in [0.2, 0.25) is 5.02 Å². The molecular weight excluding hydrogens is 332 g/mol. The van der Waals surface area contributed by atoms with Gasteiger partial charge < -0.3 is 5.32 Å². The summed E-state index contributed by atoms with van der Waals surface area (Å²) in [6.07, 6.45) is 5.10. The quantitative estimate of drug-likeness (QED) is 0.718. The number of pyridine rings is 1. The van der Waals surface area contributed by atoms with Gasteiger partial charge in [0, 0.05) is 17.3 Å². The van der Waals surface area contributed by atoms with Crippen LogP contribution in [0.5, 0.6) is 0 Å². The van der Waals surface area contributed by atoms with Crippen molar-refractivity contribution in [2.75, 3.05) is 11.1 Å². The molecule has 7 heteroatoms. The Bertz CT molecular complexity index is 790. The van der Waals surface area contributed by atoms with Crippen LogP contribution in [0.25, 0.3) is 5.82 Å². The summed E-state index contributed by atoms with van der Waals surface area (Å²) in [7, 11) is 0. The smallest absolute Gasteiger partial charge is 0.234 e. The molecule has 0 saturated carbocycles. The molecule has 3 aromatic rings. The molecule has 0 unspecified atom stereocenters. The highest BCUT2D eigenvalue weighted by Gasteiger charge is 2.06. The molecule has 2 heterocycles. The number of hydrogen-bond acceptors (Lipinski definition) is 4. The molecule has 0 atom stereocenters. The highest BCUT2D eigenvalue weighted by molar-refractivity contribution is 8.00. The molecule has 1 aromatic carbocycles. The van der Waals surface area contributed by atoms with Crippen molar-refractivity contribution in [1.82, 2.24) is 14.8 Å². The predicted octanol–water partition coefficient (Wildman–Crippen LogP) is 3.65. The minimum atomic E-state index is -0.108. The molecule has 1 N–H and O–H groups in total. The van der Waals surface area contributed by atoms with Crippen LogP contribution in [0.3, 0.4) is 0 Å². The summed E-state index contributed by atoms with van der Waals surface area (Å²) >= 11 is 7.46. The minimum absolute atomic E-state index is 0.108. The predicted molar refractivity (Wildman–Crippen MR) is 92.2 cm³/mol. The molecule has 0 saturated heterocycles. The number of anilines is 1. The fourth-order valence-electron chi connectivity index (χ4n) is 1.90. The van der Waals surface area contributed by atoms with E-state index < -0.39 is 0 Å². The summed E-state index contributed by atoms with van der Waals surface area (Å²) in [5.74, 6) is 0.868. The normalized spacial score (nSPS) is 10.5. The van der Waals surface area contributed by atoms with Crippen LogP contribution in [0, 0.1) is 0 Å². The molecule has 0 aliphatic heterocycles. The second kappa shape index (κ2) is 7.30. The van der Waals surface area contributed by atoms with Crippen molar-refractivity contribution in [1.29, 1.82) is 0 Å². The first-order valence-electron chi connectivity index (χ1n) is 6.85. The van der Waals surface area contributed by atoms with E-state index in [1.54, 1.807) is 41.5 Å². The van der Waals surface area contributed by atoms with E-state index in [0.717, 1.165) is 4.90 Å². The Kier molecular flexibility index (Phi) is 4.95. The molecule has 0 aliphatic carbocycles. The van der Waals surface area contributed by atoms with Gasteiger partial charge in [-0.25, -0.2) is 9.67 Å². The Morgan fingerprint density at radius 2 is 2.09 bits per heavy atom. The minimum Gasteiger partial charge on any atom is -0.324 e. The molecule has 23 heavy (non-hydrogen) atoms. The van der Waals surface area contributed by atoms with E-state index in [1.165, 1.54) is 11.8 Å². The number of carbonyl (C=O) groups is 1. The van der Waals surface area contributed by atoms with Crippen molar-refractivity contribution >= 4 is 35.0 Å². The molecule has 0 radical (unpaired) electrons.